The maximum absolute atomic E-state index is 12.6. The number of halogens is 3. The molecule has 1 atom stereocenters. The van der Waals surface area contributed by atoms with Crippen molar-refractivity contribution in [2.24, 2.45) is 5.92 Å². The number of rotatable bonds is 3. The lowest BCUT2D eigenvalue weighted by Gasteiger charge is -2.31. The van der Waals surface area contributed by atoms with E-state index in [9.17, 15) is 8.42 Å². The predicted molar refractivity (Wildman–Crippen MR) is 78.7 cm³/mol. The van der Waals surface area contributed by atoms with Gasteiger partial charge in [0, 0.05) is 24.0 Å². The minimum atomic E-state index is -3.60. The minimum absolute atomic E-state index is 0.0666. The number of hydrogen-bond acceptors (Lipinski definition) is 2. The summed E-state index contributed by atoms with van der Waals surface area (Å²) < 4.78 is 26.6. The van der Waals surface area contributed by atoms with Gasteiger partial charge in [0.05, 0.1) is 5.02 Å². The normalized spacial score (nSPS) is 21.5. The van der Waals surface area contributed by atoms with E-state index in [1.54, 1.807) is 6.07 Å². The quantitative estimate of drug-likeness (QED) is 0.787. The van der Waals surface area contributed by atoms with Crippen molar-refractivity contribution in [1.82, 2.24) is 4.31 Å². The Morgan fingerprint density at radius 3 is 2.74 bits per heavy atom. The maximum Gasteiger partial charge on any atom is 0.244 e. The highest BCUT2D eigenvalue weighted by atomic mass is 35.5. The fraction of sp³-hybridized carbons (Fsp3) is 0.500. The highest BCUT2D eigenvalue weighted by Gasteiger charge is 2.31. The van der Waals surface area contributed by atoms with E-state index in [1.165, 1.54) is 16.4 Å². The third-order valence-electron chi connectivity index (χ3n) is 3.21. The van der Waals surface area contributed by atoms with Gasteiger partial charge in [-0.05, 0) is 37.0 Å². The first-order chi connectivity index (χ1) is 8.95. The highest BCUT2D eigenvalue weighted by molar-refractivity contribution is 7.89. The minimum Gasteiger partial charge on any atom is -0.207 e. The van der Waals surface area contributed by atoms with E-state index in [2.05, 4.69) is 0 Å². The summed E-state index contributed by atoms with van der Waals surface area (Å²) in [7, 11) is -3.60. The van der Waals surface area contributed by atoms with Crippen LogP contribution >= 0.6 is 34.8 Å². The van der Waals surface area contributed by atoms with E-state index in [0.29, 0.717) is 24.0 Å². The summed E-state index contributed by atoms with van der Waals surface area (Å²) in [5, 5.41) is 0.547. The first kappa shape index (κ1) is 15.4. The molecule has 1 heterocycles. The molecule has 0 radical (unpaired) electrons. The van der Waals surface area contributed by atoms with Crippen molar-refractivity contribution in [2.45, 2.75) is 17.7 Å². The second-order valence-corrected chi connectivity index (χ2v) is 7.66. The van der Waals surface area contributed by atoms with Gasteiger partial charge in [0.25, 0.3) is 0 Å². The molecule has 1 aromatic rings. The molecule has 0 aromatic heterocycles. The van der Waals surface area contributed by atoms with E-state index in [4.69, 9.17) is 34.8 Å². The molecule has 0 bridgehead atoms. The van der Waals surface area contributed by atoms with Crippen LogP contribution in [0.25, 0.3) is 0 Å². The topological polar surface area (TPSA) is 37.4 Å². The molecule has 106 valence electrons. The molecule has 0 aliphatic carbocycles. The van der Waals surface area contributed by atoms with E-state index < -0.39 is 10.0 Å². The molecule has 7 heteroatoms. The average molecular weight is 343 g/mol. The Bertz CT molecular complexity index is 562. The fourth-order valence-electron chi connectivity index (χ4n) is 2.19. The Balaban J connectivity index is 2.34. The highest BCUT2D eigenvalue weighted by Crippen LogP contribution is 2.30. The largest absolute Gasteiger partial charge is 0.244 e. The lowest BCUT2D eigenvalue weighted by Crippen LogP contribution is -2.40. The molecule has 0 spiro atoms. The van der Waals surface area contributed by atoms with E-state index in [0.717, 1.165) is 12.8 Å². The Labute approximate surface area is 128 Å². The molecule has 1 fully saturated rings. The maximum atomic E-state index is 12.6. The summed E-state index contributed by atoms with van der Waals surface area (Å²) in [5.41, 5.74) is 0. The Morgan fingerprint density at radius 1 is 1.32 bits per heavy atom. The average Bonchev–Trinajstić information content (AvgIpc) is 2.41. The van der Waals surface area contributed by atoms with E-state index >= 15 is 0 Å². The van der Waals surface area contributed by atoms with Crippen LogP contribution in [0, 0.1) is 5.92 Å². The third-order valence-corrected chi connectivity index (χ3v) is 6.23. The molecule has 1 saturated heterocycles. The second-order valence-electron chi connectivity index (χ2n) is 4.60. The summed E-state index contributed by atoms with van der Waals surface area (Å²) in [4.78, 5) is 0.0666. The second kappa shape index (κ2) is 6.19. The lowest BCUT2D eigenvalue weighted by atomic mass is 10.0. The SMILES string of the molecule is O=S(=O)(c1cc(Cl)ccc1Cl)N1CCCC(CCl)C1. The molecular weight excluding hydrogens is 329 g/mol. The standard InChI is InChI=1S/C12H14Cl3NO2S/c13-7-9-2-1-5-16(8-9)19(17,18)12-6-10(14)3-4-11(12)15/h3-4,6,9H,1-2,5,7-8H2. The third kappa shape index (κ3) is 3.37. The molecule has 19 heavy (non-hydrogen) atoms. The molecule has 1 aliphatic heterocycles. The first-order valence-corrected chi connectivity index (χ1v) is 8.69. The van der Waals surface area contributed by atoms with Crippen LogP contribution in [0.2, 0.25) is 10.0 Å². The zero-order valence-corrected chi connectivity index (χ0v) is 13.2. The van der Waals surface area contributed by atoms with Crippen LogP contribution in [0.1, 0.15) is 12.8 Å². The van der Waals surface area contributed by atoms with Gasteiger partial charge < -0.3 is 0 Å². The van der Waals surface area contributed by atoms with Gasteiger partial charge in [-0.15, -0.1) is 11.6 Å². The van der Waals surface area contributed by atoms with Gasteiger partial charge >= 0.3 is 0 Å². The molecule has 2 rings (SSSR count). The van der Waals surface area contributed by atoms with Crippen LogP contribution in [-0.2, 0) is 10.0 Å². The van der Waals surface area contributed by atoms with Gasteiger partial charge in [-0.25, -0.2) is 8.42 Å². The van der Waals surface area contributed by atoms with Gasteiger partial charge in [-0.3, -0.25) is 0 Å². The van der Waals surface area contributed by atoms with Crippen molar-refractivity contribution in [1.29, 1.82) is 0 Å². The van der Waals surface area contributed by atoms with Crippen LogP contribution < -0.4 is 0 Å². The van der Waals surface area contributed by atoms with Crippen LogP contribution in [0.3, 0.4) is 0 Å². The van der Waals surface area contributed by atoms with Crippen LogP contribution in [0.15, 0.2) is 23.1 Å². The molecule has 3 nitrogen and oxygen atoms in total. The van der Waals surface area contributed by atoms with Gasteiger partial charge in [0.1, 0.15) is 4.90 Å². The van der Waals surface area contributed by atoms with Crippen molar-refractivity contribution >= 4 is 44.8 Å². The van der Waals surface area contributed by atoms with Crippen molar-refractivity contribution < 1.29 is 8.42 Å². The monoisotopic (exact) mass is 341 g/mol. The molecule has 1 unspecified atom stereocenters. The number of nitrogens with zero attached hydrogens (tertiary/aromatic N) is 1. The van der Waals surface area contributed by atoms with Crippen molar-refractivity contribution in [3.05, 3.63) is 28.2 Å². The Morgan fingerprint density at radius 2 is 2.05 bits per heavy atom. The molecule has 0 saturated carbocycles. The first-order valence-electron chi connectivity index (χ1n) is 5.96. The smallest absolute Gasteiger partial charge is 0.207 e. The summed E-state index contributed by atoms with van der Waals surface area (Å²) in [5.74, 6) is 0.665. The van der Waals surface area contributed by atoms with Gasteiger partial charge in [0.15, 0.2) is 0 Å². The summed E-state index contributed by atoms with van der Waals surface area (Å²) in [6.45, 7) is 0.938. The predicted octanol–water partition coefficient (Wildman–Crippen LogP) is 3.63. The molecular formula is C12H14Cl3NO2S. The van der Waals surface area contributed by atoms with Crippen molar-refractivity contribution in [3.8, 4) is 0 Å². The van der Waals surface area contributed by atoms with E-state index in [-0.39, 0.29) is 15.8 Å². The zero-order chi connectivity index (χ0) is 14.0. The molecule has 1 aromatic carbocycles. The van der Waals surface area contributed by atoms with Gasteiger partial charge in [0.2, 0.25) is 10.0 Å². The number of alkyl halides is 1. The molecule has 0 N–H and O–H groups in total. The summed E-state index contributed by atoms with van der Waals surface area (Å²) >= 11 is 17.7. The zero-order valence-electron chi connectivity index (χ0n) is 10.2. The summed E-state index contributed by atoms with van der Waals surface area (Å²) in [6, 6.07) is 4.46. The molecule has 0 amide bonds. The summed E-state index contributed by atoms with van der Waals surface area (Å²) in [6.07, 6.45) is 1.77. The number of hydrogen-bond donors (Lipinski definition) is 0. The van der Waals surface area contributed by atoms with Crippen LogP contribution in [-0.4, -0.2) is 31.7 Å². The van der Waals surface area contributed by atoms with Gasteiger partial charge in [-0.1, -0.05) is 23.2 Å². The molecule has 1 aliphatic rings. The number of sulfonamides is 1. The van der Waals surface area contributed by atoms with Crippen LogP contribution in [0.4, 0.5) is 0 Å². The van der Waals surface area contributed by atoms with Crippen molar-refractivity contribution in [3.63, 3.8) is 0 Å². The van der Waals surface area contributed by atoms with Crippen molar-refractivity contribution in [2.75, 3.05) is 19.0 Å². The Hall–Kier alpha value is -0.0000000000000000555. The number of piperidine rings is 1. The van der Waals surface area contributed by atoms with Crippen LogP contribution in [0.5, 0.6) is 0 Å². The van der Waals surface area contributed by atoms with E-state index in [1.807, 2.05) is 0 Å². The number of benzene rings is 1. The Kier molecular flexibility index (Phi) is 5.01. The lowest BCUT2D eigenvalue weighted by molar-refractivity contribution is 0.283. The van der Waals surface area contributed by atoms with Gasteiger partial charge in [-0.2, -0.15) is 4.31 Å². The fourth-order valence-corrected chi connectivity index (χ4v) is 4.73.